The fourth-order valence-corrected chi connectivity index (χ4v) is 4.58. The van der Waals surface area contributed by atoms with E-state index in [0.29, 0.717) is 13.1 Å². The second-order valence-electron chi connectivity index (χ2n) is 6.93. The Hall–Kier alpha value is -2.80. The minimum absolute atomic E-state index is 0.118. The van der Waals surface area contributed by atoms with Crippen LogP contribution in [0.25, 0.3) is 11.1 Å². The van der Waals surface area contributed by atoms with Crippen LogP contribution in [0, 0.1) is 6.92 Å². The van der Waals surface area contributed by atoms with Gasteiger partial charge in [0.25, 0.3) is 5.91 Å². The standard InChI is InChI=1S/C21H24N4O2S/c1-15-18(16-4-6-17(27-3)7-5-16)14-19(28-15)20(26)24-10-12-25(13-11-24)21-22-8-9-23(21)2/h4-9,14H,10-13H2,1-3H3. The number of amides is 1. The van der Waals surface area contributed by atoms with Gasteiger partial charge in [-0.05, 0) is 36.2 Å². The lowest BCUT2D eigenvalue weighted by molar-refractivity contribution is 0.0751. The summed E-state index contributed by atoms with van der Waals surface area (Å²) in [5, 5.41) is 0. The molecule has 0 bridgehead atoms. The van der Waals surface area contributed by atoms with Crippen LogP contribution in [-0.4, -0.2) is 53.6 Å². The Labute approximate surface area is 169 Å². The molecule has 0 spiro atoms. The minimum atomic E-state index is 0.118. The van der Waals surface area contributed by atoms with Gasteiger partial charge in [-0.3, -0.25) is 4.79 Å². The molecule has 1 fully saturated rings. The Morgan fingerprint density at radius 1 is 1.14 bits per heavy atom. The lowest BCUT2D eigenvalue weighted by Gasteiger charge is -2.35. The Morgan fingerprint density at radius 3 is 2.46 bits per heavy atom. The highest BCUT2D eigenvalue weighted by Crippen LogP contribution is 2.32. The molecule has 0 radical (unpaired) electrons. The van der Waals surface area contributed by atoms with Crippen LogP contribution in [0.1, 0.15) is 14.5 Å². The third-order valence-electron chi connectivity index (χ3n) is 5.18. The van der Waals surface area contributed by atoms with Gasteiger partial charge in [-0.25, -0.2) is 4.98 Å². The van der Waals surface area contributed by atoms with Crippen LogP contribution in [0.5, 0.6) is 5.75 Å². The van der Waals surface area contributed by atoms with E-state index >= 15 is 0 Å². The summed E-state index contributed by atoms with van der Waals surface area (Å²) in [4.78, 5) is 23.6. The van der Waals surface area contributed by atoms with Crippen LogP contribution in [0.15, 0.2) is 42.7 Å². The van der Waals surface area contributed by atoms with Gasteiger partial charge in [0.15, 0.2) is 0 Å². The third kappa shape index (κ3) is 3.49. The molecular weight excluding hydrogens is 372 g/mol. The van der Waals surface area contributed by atoms with Crippen LogP contribution in [0.3, 0.4) is 0 Å². The zero-order valence-electron chi connectivity index (χ0n) is 16.4. The third-order valence-corrected chi connectivity index (χ3v) is 6.21. The van der Waals surface area contributed by atoms with E-state index < -0.39 is 0 Å². The second kappa shape index (κ2) is 7.67. The summed E-state index contributed by atoms with van der Waals surface area (Å²) >= 11 is 1.57. The quantitative estimate of drug-likeness (QED) is 0.678. The molecule has 1 amide bonds. The molecule has 0 N–H and O–H groups in total. The van der Waals surface area contributed by atoms with Crippen LogP contribution in [-0.2, 0) is 7.05 Å². The van der Waals surface area contributed by atoms with Crippen LogP contribution in [0.2, 0.25) is 0 Å². The van der Waals surface area contributed by atoms with Crippen LogP contribution in [0.4, 0.5) is 5.95 Å². The van der Waals surface area contributed by atoms with Crippen molar-refractivity contribution in [2.75, 3.05) is 38.2 Å². The molecule has 3 aromatic rings. The van der Waals surface area contributed by atoms with Gasteiger partial charge in [-0.15, -0.1) is 11.3 Å². The molecule has 0 atom stereocenters. The smallest absolute Gasteiger partial charge is 0.264 e. The van der Waals surface area contributed by atoms with Crippen LogP contribution >= 0.6 is 11.3 Å². The van der Waals surface area contributed by atoms with Gasteiger partial charge in [-0.1, -0.05) is 12.1 Å². The summed E-state index contributed by atoms with van der Waals surface area (Å²) in [5.41, 5.74) is 2.22. The van der Waals surface area contributed by atoms with Gasteiger partial charge in [0.05, 0.1) is 12.0 Å². The number of methoxy groups -OCH3 is 1. The monoisotopic (exact) mass is 396 g/mol. The average molecular weight is 397 g/mol. The van der Waals surface area contributed by atoms with Crippen molar-refractivity contribution in [3.63, 3.8) is 0 Å². The van der Waals surface area contributed by atoms with E-state index in [9.17, 15) is 4.79 Å². The van der Waals surface area contributed by atoms with Gasteiger partial charge in [0.1, 0.15) is 5.75 Å². The fraction of sp³-hybridized carbons (Fsp3) is 0.333. The molecule has 146 valence electrons. The highest BCUT2D eigenvalue weighted by atomic mass is 32.1. The molecule has 1 aliphatic heterocycles. The number of anilines is 1. The Bertz CT molecular complexity index is 969. The lowest BCUT2D eigenvalue weighted by Crippen LogP contribution is -2.49. The number of thiophene rings is 1. The lowest BCUT2D eigenvalue weighted by atomic mass is 10.1. The van der Waals surface area contributed by atoms with Gasteiger partial charge >= 0.3 is 0 Å². The first-order valence-electron chi connectivity index (χ1n) is 9.33. The topological polar surface area (TPSA) is 50.6 Å². The van der Waals surface area contributed by atoms with Crippen molar-refractivity contribution >= 4 is 23.2 Å². The van der Waals surface area contributed by atoms with Crippen molar-refractivity contribution in [3.8, 4) is 16.9 Å². The van der Waals surface area contributed by atoms with Crippen molar-refractivity contribution in [1.29, 1.82) is 0 Å². The predicted molar refractivity (Wildman–Crippen MR) is 112 cm³/mol. The first kappa shape index (κ1) is 18.6. The molecule has 1 aliphatic rings. The summed E-state index contributed by atoms with van der Waals surface area (Å²) in [6.07, 6.45) is 3.75. The minimum Gasteiger partial charge on any atom is -0.497 e. The Morgan fingerprint density at radius 2 is 1.86 bits per heavy atom. The maximum absolute atomic E-state index is 13.0. The van der Waals surface area contributed by atoms with E-state index in [-0.39, 0.29) is 5.91 Å². The summed E-state index contributed by atoms with van der Waals surface area (Å²) in [6, 6.07) is 9.99. The molecule has 28 heavy (non-hydrogen) atoms. The van der Waals surface area contributed by atoms with E-state index in [1.54, 1.807) is 18.4 Å². The first-order valence-corrected chi connectivity index (χ1v) is 10.1. The predicted octanol–water partition coefficient (Wildman–Crippen LogP) is 3.43. The molecule has 1 aromatic carbocycles. The number of hydrogen-bond donors (Lipinski definition) is 0. The number of hydrogen-bond acceptors (Lipinski definition) is 5. The van der Waals surface area contributed by atoms with E-state index in [0.717, 1.165) is 45.7 Å². The molecule has 2 aromatic heterocycles. The summed E-state index contributed by atoms with van der Waals surface area (Å²) < 4.78 is 7.25. The van der Waals surface area contributed by atoms with E-state index in [1.807, 2.05) is 59.2 Å². The Balaban J connectivity index is 1.46. The number of aryl methyl sites for hydroxylation is 2. The summed E-state index contributed by atoms with van der Waals surface area (Å²) in [6.45, 7) is 5.08. The Kier molecular flexibility index (Phi) is 5.09. The SMILES string of the molecule is COc1ccc(-c2cc(C(=O)N3CCN(c4nccn4C)CC3)sc2C)cc1. The second-order valence-corrected chi connectivity index (χ2v) is 8.18. The number of ether oxygens (including phenoxy) is 1. The summed E-state index contributed by atoms with van der Waals surface area (Å²) in [5.74, 6) is 1.91. The molecule has 6 nitrogen and oxygen atoms in total. The normalized spacial score (nSPS) is 14.4. The highest BCUT2D eigenvalue weighted by Gasteiger charge is 2.25. The van der Waals surface area contributed by atoms with E-state index in [1.165, 1.54) is 0 Å². The highest BCUT2D eigenvalue weighted by molar-refractivity contribution is 7.14. The van der Waals surface area contributed by atoms with E-state index in [4.69, 9.17) is 4.74 Å². The number of carbonyl (C=O) groups excluding carboxylic acids is 1. The number of aromatic nitrogens is 2. The number of piperazine rings is 1. The zero-order chi connectivity index (χ0) is 19.7. The maximum atomic E-state index is 13.0. The van der Waals surface area contributed by atoms with Gasteiger partial charge in [-0.2, -0.15) is 0 Å². The first-order chi connectivity index (χ1) is 13.6. The molecular formula is C21H24N4O2S. The van der Waals surface area contributed by atoms with Crippen molar-refractivity contribution in [3.05, 3.63) is 52.5 Å². The van der Waals surface area contributed by atoms with E-state index in [2.05, 4.69) is 16.8 Å². The zero-order valence-corrected chi connectivity index (χ0v) is 17.2. The number of imidazole rings is 1. The van der Waals surface area contributed by atoms with Gasteiger partial charge in [0.2, 0.25) is 5.95 Å². The number of carbonyl (C=O) groups is 1. The van der Waals surface area contributed by atoms with Crippen molar-refractivity contribution in [2.24, 2.45) is 7.05 Å². The molecule has 1 saturated heterocycles. The van der Waals surface area contributed by atoms with Crippen molar-refractivity contribution in [1.82, 2.24) is 14.5 Å². The number of rotatable bonds is 4. The molecule has 4 rings (SSSR count). The van der Waals surface area contributed by atoms with Crippen molar-refractivity contribution < 1.29 is 9.53 Å². The average Bonchev–Trinajstić information content (AvgIpc) is 3.33. The molecule has 0 unspecified atom stereocenters. The molecule has 0 saturated carbocycles. The summed E-state index contributed by atoms with van der Waals surface area (Å²) in [7, 11) is 3.66. The van der Waals surface area contributed by atoms with Crippen molar-refractivity contribution in [2.45, 2.75) is 6.92 Å². The maximum Gasteiger partial charge on any atom is 0.264 e. The molecule has 7 heteroatoms. The van der Waals surface area contributed by atoms with Crippen LogP contribution < -0.4 is 9.64 Å². The molecule has 3 heterocycles. The largest absolute Gasteiger partial charge is 0.497 e. The van der Waals surface area contributed by atoms with Gasteiger partial charge < -0.3 is 19.1 Å². The molecule has 0 aliphatic carbocycles. The fourth-order valence-electron chi connectivity index (χ4n) is 3.57. The number of nitrogens with zero attached hydrogens (tertiary/aromatic N) is 4. The number of benzene rings is 1. The van der Waals surface area contributed by atoms with Gasteiger partial charge in [0, 0.05) is 50.5 Å².